The van der Waals surface area contributed by atoms with E-state index >= 15 is 0 Å². The van der Waals surface area contributed by atoms with E-state index in [0.29, 0.717) is 16.7 Å². The number of benzene rings is 2. The van der Waals surface area contributed by atoms with Crippen molar-refractivity contribution in [2.24, 2.45) is 0 Å². The first-order valence-electron chi connectivity index (χ1n) is 5.74. The van der Waals surface area contributed by atoms with Crippen LogP contribution in [0.3, 0.4) is 0 Å². The van der Waals surface area contributed by atoms with Gasteiger partial charge >= 0.3 is 0 Å². The van der Waals surface area contributed by atoms with Crippen molar-refractivity contribution in [3.63, 3.8) is 0 Å². The van der Waals surface area contributed by atoms with Gasteiger partial charge in [0.2, 0.25) is 5.91 Å². The Morgan fingerprint density at radius 2 is 1.95 bits per heavy atom. The van der Waals surface area contributed by atoms with E-state index in [1.807, 2.05) is 0 Å². The average Bonchev–Trinajstić information content (AvgIpc) is 2.36. The number of carbonyl (C=O) groups is 1. The summed E-state index contributed by atoms with van der Waals surface area (Å²) in [5.41, 5.74) is 5.62. The van der Waals surface area contributed by atoms with Crippen LogP contribution in [0.5, 0.6) is 0 Å². The fourth-order valence-corrected chi connectivity index (χ4v) is 1.90. The third-order valence-corrected chi connectivity index (χ3v) is 2.85. The molecule has 0 aromatic heterocycles. The molecule has 2 aromatic carbocycles. The van der Waals surface area contributed by atoms with Crippen molar-refractivity contribution < 1.29 is 13.6 Å². The molecule has 104 valence electrons. The highest BCUT2D eigenvalue weighted by Gasteiger charge is 2.11. The van der Waals surface area contributed by atoms with Crippen molar-refractivity contribution in [3.8, 4) is 0 Å². The van der Waals surface area contributed by atoms with Gasteiger partial charge < -0.3 is 11.1 Å². The molecular formula is C14H11ClF2N2O. The van der Waals surface area contributed by atoms with E-state index in [1.54, 1.807) is 24.3 Å². The Kier molecular flexibility index (Phi) is 4.20. The molecule has 0 saturated heterocycles. The van der Waals surface area contributed by atoms with Gasteiger partial charge in [0.25, 0.3) is 0 Å². The Hall–Kier alpha value is -2.14. The van der Waals surface area contributed by atoms with Gasteiger partial charge in [-0.05, 0) is 23.8 Å². The first-order valence-corrected chi connectivity index (χ1v) is 6.12. The predicted molar refractivity (Wildman–Crippen MR) is 74.6 cm³/mol. The van der Waals surface area contributed by atoms with Crippen LogP contribution in [0.25, 0.3) is 0 Å². The summed E-state index contributed by atoms with van der Waals surface area (Å²) in [6, 6.07) is 8.42. The van der Waals surface area contributed by atoms with Gasteiger partial charge in [-0.15, -0.1) is 0 Å². The molecule has 0 aliphatic carbocycles. The quantitative estimate of drug-likeness (QED) is 0.853. The number of hydrogen-bond acceptors (Lipinski definition) is 2. The molecule has 3 nitrogen and oxygen atoms in total. The van der Waals surface area contributed by atoms with E-state index in [0.717, 1.165) is 6.07 Å². The number of rotatable bonds is 3. The maximum absolute atomic E-state index is 13.5. The van der Waals surface area contributed by atoms with Crippen LogP contribution in [0.2, 0.25) is 5.02 Å². The summed E-state index contributed by atoms with van der Waals surface area (Å²) in [6.45, 7) is 0. The summed E-state index contributed by atoms with van der Waals surface area (Å²) in [5.74, 6) is -2.19. The zero-order chi connectivity index (χ0) is 14.7. The number of hydrogen-bond donors (Lipinski definition) is 2. The highest BCUT2D eigenvalue weighted by Crippen LogP contribution is 2.21. The zero-order valence-corrected chi connectivity index (χ0v) is 11.0. The van der Waals surface area contributed by atoms with Crippen molar-refractivity contribution in [2.45, 2.75) is 6.42 Å². The zero-order valence-electron chi connectivity index (χ0n) is 10.3. The molecule has 0 aliphatic rings. The van der Waals surface area contributed by atoms with Gasteiger partial charge in [0.1, 0.15) is 11.6 Å². The summed E-state index contributed by atoms with van der Waals surface area (Å²) >= 11 is 5.80. The molecule has 0 spiro atoms. The van der Waals surface area contributed by atoms with E-state index in [9.17, 15) is 13.6 Å². The van der Waals surface area contributed by atoms with Gasteiger partial charge in [0.05, 0.1) is 17.8 Å². The molecule has 0 unspecified atom stereocenters. The number of nitrogen functional groups attached to an aromatic ring is 1. The van der Waals surface area contributed by atoms with Crippen molar-refractivity contribution in [2.75, 3.05) is 11.1 Å². The Morgan fingerprint density at radius 1 is 1.20 bits per heavy atom. The SMILES string of the molecule is Nc1cc(NC(=O)Cc2cccc(Cl)c2)c(F)cc1F. The Morgan fingerprint density at radius 3 is 2.65 bits per heavy atom. The molecule has 0 saturated carbocycles. The lowest BCUT2D eigenvalue weighted by atomic mass is 10.1. The number of halogens is 3. The summed E-state index contributed by atoms with van der Waals surface area (Å²) in [6.07, 6.45) is 0.0251. The topological polar surface area (TPSA) is 55.1 Å². The molecule has 2 aromatic rings. The maximum Gasteiger partial charge on any atom is 0.228 e. The molecule has 2 rings (SSSR count). The van der Waals surface area contributed by atoms with Crippen molar-refractivity contribution >= 4 is 28.9 Å². The third-order valence-electron chi connectivity index (χ3n) is 2.61. The maximum atomic E-state index is 13.5. The van der Waals surface area contributed by atoms with Crippen LogP contribution in [0.15, 0.2) is 36.4 Å². The molecular weight excluding hydrogens is 286 g/mol. The minimum Gasteiger partial charge on any atom is -0.396 e. The molecule has 0 fully saturated rings. The molecule has 0 atom stereocenters. The Bertz CT molecular complexity index is 662. The van der Waals surface area contributed by atoms with E-state index in [-0.39, 0.29) is 17.8 Å². The molecule has 1 amide bonds. The smallest absolute Gasteiger partial charge is 0.228 e. The van der Waals surface area contributed by atoms with Crippen molar-refractivity contribution in [1.29, 1.82) is 0 Å². The van der Waals surface area contributed by atoms with Gasteiger partial charge in [0, 0.05) is 11.1 Å². The lowest BCUT2D eigenvalue weighted by molar-refractivity contribution is -0.115. The van der Waals surface area contributed by atoms with E-state index in [1.165, 1.54) is 0 Å². The molecule has 0 bridgehead atoms. The Balaban J connectivity index is 2.10. The number of nitrogens with one attached hydrogen (secondary N) is 1. The van der Waals surface area contributed by atoms with Gasteiger partial charge in [-0.3, -0.25) is 4.79 Å². The largest absolute Gasteiger partial charge is 0.396 e. The normalized spacial score (nSPS) is 10.3. The van der Waals surface area contributed by atoms with Crippen LogP contribution >= 0.6 is 11.6 Å². The second kappa shape index (κ2) is 5.88. The molecule has 0 radical (unpaired) electrons. The van der Waals surface area contributed by atoms with Crippen LogP contribution in [0, 0.1) is 11.6 Å². The molecule has 0 aliphatic heterocycles. The number of amides is 1. The van der Waals surface area contributed by atoms with E-state index in [4.69, 9.17) is 17.3 Å². The summed E-state index contributed by atoms with van der Waals surface area (Å²) in [5, 5.41) is 2.85. The van der Waals surface area contributed by atoms with Gasteiger partial charge in [-0.25, -0.2) is 8.78 Å². The second-order valence-corrected chi connectivity index (χ2v) is 4.64. The first kappa shape index (κ1) is 14.3. The first-order chi connectivity index (χ1) is 9.45. The summed E-state index contributed by atoms with van der Waals surface area (Å²) in [7, 11) is 0. The van der Waals surface area contributed by atoms with E-state index < -0.39 is 17.5 Å². The average molecular weight is 297 g/mol. The third kappa shape index (κ3) is 3.45. The number of anilines is 2. The van der Waals surface area contributed by atoms with Crippen LogP contribution in [-0.2, 0) is 11.2 Å². The lowest BCUT2D eigenvalue weighted by Crippen LogP contribution is -2.15. The fourth-order valence-electron chi connectivity index (χ4n) is 1.69. The summed E-state index contributed by atoms with van der Waals surface area (Å²) < 4.78 is 26.5. The standard InChI is InChI=1S/C14H11ClF2N2O/c15-9-3-1-2-8(4-9)5-14(20)19-13-7-12(18)10(16)6-11(13)17/h1-4,6-7H,5,18H2,(H,19,20). The van der Waals surface area contributed by atoms with Crippen molar-refractivity contribution in [1.82, 2.24) is 0 Å². The van der Waals surface area contributed by atoms with Crippen LogP contribution in [0.1, 0.15) is 5.56 Å². The fraction of sp³-hybridized carbons (Fsp3) is 0.0714. The molecule has 3 N–H and O–H groups in total. The number of carbonyl (C=O) groups excluding carboxylic acids is 1. The monoisotopic (exact) mass is 296 g/mol. The molecule has 20 heavy (non-hydrogen) atoms. The van der Waals surface area contributed by atoms with Crippen LogP contribution < -0.4 is 11.1 Å². The highest BCUT2D eigenvalue weighted by molar-refractivity contribution is 6.30. The minimum absolute atomic E-state index is 0.0251. The van der Waals surface area contributed by atoms with Crippen molar-refractivity contribution in [3.05, 3.63) is 58.6 Å². The predicted octanol–water partition coefficient (Wildman–Crippen LogP) is 3.38. The van der Waals surface area contributed by atoms with E-state index in [2.05, 4.69) is 5.32 Å². The molecule has 0 heterocycles. The van der Waals surface area contributed by atoms with Crippen LogP contribution in [-0.4, -0.2) is 5.91 Å². The second-order valence-electron chi connectivity index (χ2n) is 4.21. The lowest BCUT2D eigenvalue weighted by Gasteiger charge is -2.08. The van der Waals surface area contributed by atoms with Gasteiger partial charge in [-0.1, -0.05) is 23.7 Å². The summed E-state index contributed by atoms with van der Waals surface area (Å²) in [4.78, 5) is 11.8. The highest BCUT2D eigenvalue weighted by atomic mass is 35.5. The number of nitrogens with two attached hydrogens (primary N) is 1. The Labute approximate surface area is 119 Å². The minimum atomic E-state index is -0.879. The van der Waals surface area contributed by atoms with Gasteiger partial charge in [0.15, 0.2) is 0 Å². The molecule has 6 heteroatoms. The van der Waals surface area contributed by atoms with Gasteiger partial charge in [-0.2, -0.15) is 0 Å². The van der Waals surface area contributed by atoms with Crippen LogP contribution in [0.4, 0.5) is 20.2 Å².